The van der Waals surface area contributed by atoms with Gasteiger partial charge in [-0.15, -0.1) is 0 Å². The monoisotopic (exact) mass is 373 g/mol. The van der Waals surface area contributed by atoms with Gasteiger partial charge in [-0.05, 0) is 23.6 Å². The zero-order valence-electron chi connectivity index (χ0n) is 15.6. The molecule has 1 aromatic heterocycles. The Labute approximate surface area is 162 Å². The summed E-state index contributed by atoms with van der Waals surface area (Å²) in [4.78, 5) is 20.0. The third-order valence-corrected chi connectivity index (χ3v) is 4.06. The topological polar surface area (TPSA) is 99.9 Å². The number of hydrogen-bond donors (Lipinski definition) is 2. The number of benzene rings is 2. The number of nitriles is 1. The number of amides is 1. The molecule has 28 heavy (non-hydrogen) atoms. The molecule has 140 valence electrons. The summed E-state index contributed by atoms with van der Waals surface area (Å²) in [6.45, 7) is 5.44. The van der Waals surface area contributed by atoms with Gasteiger partial charge >= 0.3 is 0 Å². The molecule has 2 aromatic carbocycles. The van der Waals surface area contributed by atoms with Crippen LogP contribution in [0.1, 0.15) is 6.92 Å². The van der Waals surface area contributed by atoms with E-state index in [0.717, 1.165) is 22.0 Å². The van der Waals surface area contributed by atoms with E-state index in [9.17, 15) is 4.79 Å². The zero-order chi connectivity index (χ0) is 20.1. The van der Waals surface area contributed by atoms with Gasteiger partial charge < -0.3 is 15.4 Å². The predicted molar refractivity (Wildman–Crippen MR) is 109 cm³/mol. The summed E-state index contributed by atoms with van der Waals surface area (Å²) in [5.41, 5.74) is 1.97. The summed E-state index contributed by atoms with van der Waals surface area (Å²) in [7, 11) is 1.59. The van der Waals surface area contributed by atoms with Crippen molar-refractivity contribution < 1.29 is 9.53 Å². The van der Waals surface area contributed by atoms with Gasteiger partial charge in [-0.1, -0.05) is 24.8 Å². The molecule has 0 spiro atoms. The van der Waals surface area contributed by atoms with Crippen LogP contribution in [0, 0.1) is 11.3 Å². The maximum atomic E-state index is 11.3. The van der Waals surface area contributed by atoms with E-state index in [1.807, 2.05) is 36.4 Å². The van der Waals surface area contributed by atoms with Gasteiger partial charge in [0.15, 0.2) is 5.82 Å². The number of fused-ring (bicyclic) bond motifs is 1. The van der Waals surface area contributed by atoms with E-state index in [-0.39, 0.29) is 5.91 Å². The van der Waals surface area contributed by atoms with Crippen molar-refractivity contribution in [2.24, 2.45) is 0 Å². The molecule has 0 saturated heterocycles. The molecule has 0 saturated carbocycles. The molecule has 0 aliphatic rings. The van der Waals surface area contributed by atoms with E-state index in [4.69, 9.17) is 10.00 Å². The lowest BCUT2D eigenvalue weighted by Gasteiger charge is -2.15. The molecule has 0 fully saturated rings. The fraction of sp³-hybridized carbons (Fsp3) is 0.143. The van der Waals surface area contributed by atoms with Crippen molar-refractivity contribution in [2.75, 3.05) is 24.3 Å². The Kier molecular flexibility index (Phi) is 5.51. The summed E-state index contributed by atoms with van der Waals surface area (Å²) in [6, 6.07) is 13.3. The van der Waals surface area contributed by atoms with Crippen molar-refractivity contribution in [3.63, 3.8) is 0 Å². The standard InChI is InChI=1S/C21H19N5O2/c1-13(11-22)12-24-20-17-10-16(5-4-15(17)6-7-18(20)28-3)21-23-9-8-19(26-21)25-14(2)27/h4-10,24H,1,12H2,2-3H3,(H,23,25,26,27). The first-order chi connectivity index (χ1) is 13.5. The molecule has 7 heteroatoms. The zero-order valence-corrected chi connectivity index (χ0v) is 15.6. The number of rotatable bonds is 6. The van der Waals surface area contributed by atoms with Crippen LogP contribution in [-0.4, -0.2) is 29.5 Å². The normalized spacial score (nSPS) is 10.2. The number of aromatic nitrogens is 2. The van der Waals surface area contributed by atoms with Gasteiger partial charge in [0.2, 0.25) is 5.91 Å². The molecule has 0 aliphatic heterocycles. The number of carbonyl (C=O) groups excluding carboxylic acids is 1. The van der Waals surface area contributed by atoms with Gasteiger partial charge in [-0.25, -0.2) is 9.97 Å². The SMILES string of the molecule is C=C(C#N)CNc1c(OC)ccc2ccc(-c3nccc(NC(C)=O)n3)cc12. The molecule has 0 radical (unpaired) electrons. The fourth-order valence-corrected chi connectivity index (χ4v) is 2.77. The third kappa shape index (κ3) is 4.07. The summed E-state index contributed by atoms with van der Waals surface area (Å²) < 4.78 is 5.47. The van der Waals surface area contributed by atoms with Gasteiger partial charge in [0.05, 0.1) is 18.9 Å². The number of hydrogen-bond acceptors (Lipinski definition) is 6. The maximum Gasteiger partial charge on any atom is 0.222 e. The van der Waals surface area contributed by atoms with Crippen LogP contribution in [0.3, 0.4) is 0 Å². The van der Waals surface area contributed by atoms with Crippen LogP contribution in [0.5, 0.6) is 5.75 Å². The van der Waals surface area contributed by atoms with E-state index in [1.54, 1.807) is 19.4 Å². The number of nitrogens with one attached hydrogen (secondary N) is 2. The van der Waals surface area contributed by atoms with Crippen LogP contribution >= 0.6 is 0 Å². The average Bonchev–Trinajstić information content (AvgIpc) is 2.70. The second kappa shape index (κ2) is 8.18. The van der Waals surface area contributed by atoms with E-state index in [2.05, 4.69) is 27.2 Å². The number of nitrogens with zero attached hydrogens (tertiary/aromatic N) is 3. The van der Waals surface area contributed by atoms with Crippen molar-refractivity contribution in [2.45, 2.75) is 6.92 Å². The number of methoxy groups -OCH3 is 1. The second-order valence-electron chi connectivity index (χ2n) is 6.09. The third-order valence-electron chi connectivity index (χ3n) is 4.06. The lowest BCUT2D eigenvalue weighted by molar-refractivity contribution is -0.114. The Morgan fingerprint density at radius 2 is 2.07 bits per heavy atom. The van der Waals surface area contributed by atoms with Crippen LogP contribution in [0.15, 0.2) is 54.7 Å². The molecule has 1 heterocycles. The van der Waals surface area contributed by atoms with E-state index < -0.39 is 0 Å². The predicted octanol–water partition coefficient (Wildman–Crippen LogP) is 3.76. The van der Waals surface area contributed by atoms with E-state index >= 15 is 0 Å². The van der Waals surface area contributed by atoms with Crippen LogP contribution in [-0.2, 0) is 4.79 Å². The first-order valence-electron chi connectivity index (χ1n) is 8.55. The minimum Gasteiger partial charge on any atom is -0.495 e. The second-order valence-corrected chi connectivity index (χ2v) is 6.09. The Hall–Kier alpha value is -3.92. The number of anilines is 2. The Morgan fingerprint density at radius 3 is 2.79 bits per heavy atom. The minimum absolute atomic E-state index is 0.197. The Balaban J connectivity index is 2.08. The lowest BCUT2D eigenvalue weighted by Crippen LogP contribution is -2.08. The Bertz CT molecular complexity index is 1100. The molecule has 7 nitrogen and oxygen atoms in total. The van der Waals surface area contributed by atoms with Crippen LogP contribution in [0.25, 0.3) is 22.2 Å². The molecular formula is C21H19N5O2. The molecular weight excluding hydrogens is 354 g/mol. The average molecular weight is 373 g/mol. The largest absolute Gasteiger partial charge is 0.495 e. The fourth-order valence-electron chi connectivity index (χ4n) is 2.77. The van der Waals surface area contributed by atoms with E-state index in [0.29, 0.717) is 29.5 Å². The van der Waals surface area contributed by atoms with Gasteiger partial charge in [-0.3, -0.25) is 4.79 Å². The maximum absolute atomic E-state index is 11.3. The molecule has 0 atom stereocenters. The number of carbonyl (C=O) groups is 1. The minimum atomic E-state index is -0.197. The van der Waals surface area contributed by atoms with Gasteiger partial charge in [-0.2, -0.15) is 5.26 Å². The van der Waals surface area contributed by atoms with Crippen molar-refractivity contribution in [3.8, 4) is 23.2 Å². The van der Waals surface area contributed by atoms with Gasteiger partial charge in [0.25, 0.3) is 0 Å². The van der Waals surface area contributed by atoms with Crippen molar-refractivity contribution >= 4 is 28.2 Å². The summed E-state index contributed by atoms with van der Waals surface area (Å²) >= 11 is 0. The van der Waals surface area contributed by atoms with Crippen LogP contribution in [0.2, 0.25) is 0 Å². The molecule has 0 aliphatic carbocycles. The Morgan fingerprint density at radius 1 is 1.29 bits per heavy atom. The quantitative estimate of drug-likeness (QED) is 0.638. The number of ether oxygens (including phenoxy) is 1. The highest BCUT2D eigenvalue weighted by molar-refractivity contribution is 5.99. The van der Waals surface area contributed by atoms with Crippen LogP contribution < -0.4 is 15.4 Å². The van der Waals surface area contributed by atoms with Crippen molar-refractivity contribution in [3.05, 3.63) is 54.7 Å². The molecule has 0 unspecified atom stereocenters. The first kappa shape index (κ1) is 18.9. The van der Waals surface area contributed by atoms with Crippen molar-refractivity contribution in [1.29, 1.82) is 5.26 Å². The van der Waals surface area contributed by atoms with Gasteiger partial charge in [0, 0.05) is 36.2 Å². The molecule has 1 amide bonds. The molecule has 2 N–H and O–H groups in total. The molecule has 3 rings (SSSR count). The first-order valence-corrected chi connectivity index (χ1v) is 8.55. The van der Waals surface area contributed by atoms with Gasteiger partial charge in [0.1, 0.15) is 11.6 Å². The van der Waals surface area contributed by atoms with E-state index in [1.165, 1.54) is 6.92 Å². The summed E-state index contributed by atoms with van der Waals surface area (Å²) in [5, 5.41) is 16.7. The summed E-state index contributed by atoms with van der Waals surface area (Å²) in [5.74, 6) is 1.38. The highest BCUT2D eigenvalue weighted by Gasteiger charge is 2.11. The van der Waals surface area contributed by atoms with Crippen LogP contribution in [0.4, 0.5) is 11.5 Å². The smallest absolute Gasteiger partial charge is 0.222 e. The summed E-state index contributed by atoms with van der Waals surface area (Å²) in [6.07, 6.45) is 1.60. The molecule has 3 aromatic rings. The lowest BCUT2D eigenvalue weighted by atomic mass is 10.0. The van der Waals surface area contributed by atoms with Crippen molar-refractivity contribution in [1.82, 2.24) is 9.97 Å². The molecule has 0 bridgehead atoms. The highest BCUT2D eigenvalue weighted by atomic mass is 16.5. The highest BCUT2D eigenvalue weighted by Crippen LogP contribution is 2.35.